The maximum atomic E-state index is 12.5. The van der Waals surface area contributed by atoms with Gasteiger partial charge < -0.3 is 10.1 Å². The highest BCUT2D eigenvalue weighted by atomic mass is 32.1. The monoisotopic (exact) mass is 439 g/mol. The molecule has 1 aromatic carbocycles. The van der Waals surface area contributed by atoms with Gasteiger partial charge in [0.2, 0.25) is 5.91 Å². The molecule has 3 aromatic rings. The third kappa shape index (κ3) is 4.75. The Bertz CT molecular complexity index is 1110. The van der Waals surface area contributed by atoms with E-state index >= 15 is 0 Å². The fraction of sp³-hybridized carbons (Fsp3) is 0.273. The fourth-order valence-electron chi connectivity index (χ4n) is 2.87. The maximum absolute atomic E-state index is 12.5. The number of hydrogen-bond donors (Lipinski definition) is 1. The number of rotatable bonds is 7. The third-order valence-electron chi connectivity index (χ3n) is 4.47. The highest BCUT2D eigenvalue weighted by Gasteiger charge is 2.22. The molecule has 0 bridgehead atoms. The second-order valence-corrected chi connectivity index (χ2v) is 8.39. The number of benzene rings is 1. The van der Waals surface area contributed by atoms with Crippen molar-refractivity contribution in [1.82, 2.24) is 4.98 Å². The van der Waals surface area contributed by atoms with Gasteiger partial charge in [0.1, 0.15) is 21.0 Å². The van der Waals surface area contributed by atoms with E-state index in [1.807, 2.05) is 17.5 Å². The lowest BCUT2D eigenvalue weighted by atomic mass is 10.1. The molecular formula is C22H21N3O3S2. The molecule has 0 unspecified atom stereocenters. The molecule has 1 N–H and O–H groups in total. The predicted molar refractivity (Wildman–Crippen MR) is 119 cm³/mol. The van der Waals surface area contributed by atoms with Gasteiger partial charge in [0.15, 0.2) is 0 Å². The van der Waals surface area contributed by atoms with E-state index in [1.165, 1.54) is 16.9 Å². The molecule has 8 heteroatoms. The minimum Gasteiger partial charge on any atom is -0.462 e. The van der Waals surface area contributed by atoms with Crippen molar-refractivity contribution in [2.75, 3.05) is 11.9 Å². The number of amides is 1. The quantitative estimate of drug-likeness (QED) is 0.525. The van der Waals surface area contributed by atoms with Gasteiger partial charge in [-0.15, -0.1) is 22.7 Å². The van der Waals surface area contributed by atoms with E-state index in [2.05, 4.69) is 35.4 Å². The molecule has 2 aromatic heterocycles. The minimum atomic E-state index is -0.491. The van der Waals surface area contributed by atoms with Crippen molar-refractivity contribution < 1.29 is 14.3 Å². The lowest BCUT2D eigenvalue weighted by Crippen LogP contribution is -2.14. The number of nitriles is 1. The van der Waals surface area contributed by atoms with Crippen LogP contribution in [0.2, 0.25) is 0 Å². The molecular weight excluding hydrogens is 418 g/mol. The van der Waals surface area contributed by atoms with Crippen LogP contribution in [0.5, 0.6) is 0 Å². The van der Waals surface area contributed by atoms with Crippen molar-refractivity contribution in [3.8, 4) is 16.6 Å². The molecule has 0 saturated carbocycles. The number of thiophene rings is 1. The molecule has 0 spiro atoms. The second kappa shape index (κ2) is 9.65. The number of aryl methyl sites for hydroxylation is 1. The summed E-state index contributed by atoms with van der Waals surface area (Å²) in [5.74, 6) is -0.781. The first-order valence-electron chi connectivity index (χ1n) is 9.50. The van der Waals surface area contributed by atoms with Crippen molar-refractivity contribution in [1.29, 1.82) is 5.26 Å². The Balaban J connectivity index is 1.72. The van der Waals surface area contributed by atoms with Crippen LogP contribution in [0.15, 0.2) is 29.6 Å². The van der Waals surface area contributed by atoms with Crippen LogP contribution in [-0.2, 0) is 22.4 Å². The Labute approximate surface area is 183 Å². The van der Waals surface area contributed by atoms with Crippen LogP contribution in [0.3, 0.4) is 0 Å². The SMILES string of the molecule is CCOC(=O)c1sc(NC(=O)Cc2csc(-c3ccc(CC)cc3)n2)c(C#N)c1C. The highest BCUT2D eigenvalue weighted by Crippen LogP contribution is 2.33. The number of anilines is 1. The van der Waals surface area contributed by atoms with Gasteiger partial charge in [-0.2, -0.15) is 5.26 Å². The second-order valence-electron chi connectivity index (χ2n) is 6.51. The topological polar surface area (TPSA) is 92.1 Å². The Hall–Kier alpha value is -3.02. The molecule has 0 aliphatic carbocycles. The number of carbonyl (C=O) groups is 2. The average molecular weight is 440 g/mol. The number of esters is 1. The van der Waals surface area contributed by atoms with E-state index in [0.29, 0.717) is 21.1 Å². The molecule has 0 radical (unpaired) electrons. The molecule has 0 saturated heterocycles. The average Bonchev–Trinajstić information content (AvgIpc) is 3.32. The van der Waals surface area contributed by atoms with Crippen LogP contribution in [0.25, 0.3) is 10.6 Å². The van der Waals surface area contributed by atoms with E-state index in [4.69, 9.17) is 4.74 Å². The number of hydrogen-bond acceptors (Lipinski definition) is 7. The van der Waals surface area contributed by atoms with Gasteiger partial charge in [-0.1, -0.05) is 31.2 Å². The van der Waals surface area contributed by atoms with Crippen molar-refractivity contribution in [2.45, 2.75) is 33.6 Å². The Morgan fingerprint density at radius 2 is 1.97 bits per heavy atom. The van der Waals surface area contributed by atoms with Gasteiger partial charge in [0.05, 0.1) is 24.3 Å². The number of nitrogens with zero attached hydrogens (tertiary/aromatic N) is 2. The number of ether oxygens (including phenoxy) is 1. The summed E-state index contributed by atoms with van der Waals surface area (Å²) in [6.45, 7) is 5.74. The largest absolute Gasteiger partial charge is 0.462 e. The fourth-order valence-corrected chi connectivity index (χ4v) is 4.76. The first-order chi connectivity index (χ1) is 14.5. The van der Waals surface area contributed by atoms with E-state index in [9.17, 15) is 14.9 Å². The van der Waals surface area contributed by atoms with E-state index in [-0.39, 0.29) is 24.5 Å². The molecule has 30 heavy (non-hydrogen) atoms. The summed E-state index contributed by atoms with van der Waals surface area (Å²) in [7, 11) is 0. The van der Waals surface area contributed by atoms with Gasteiger partial charge in [-0.3, -0.25) is 4.79 Å². The van der Waals surface area contributed by atoms with Crippen LogP contribution in [0, 0.1) is 18.3 Å². The van der Waals surface area contributed by atoms with Crippen molar-refractivity contribution in [3.63, 3.8) is 0 Å². The first-order valence-corrected chi connectivity index (χ1v) is 11.2. The molecule has 2 heterocycles. The molecule has 3 rings (SSSR count). The molecule has 0 fully saturated rings. The van der Waals surface area contributed by atoms with Crippen molar-refractivity contribution in [2.24, 2.45) is 0 Å². The summed E-state index contributed by atoms with van der Waals surface area (Å²) in [4.78, 5) is 29.5. The zero-order valence-electron chi connectivity index (χ0n) is 16.9. The summed E-state index contributed by atoms with van der Waals surface area (Å²) in [6.07, 6.45) is 1.06. The number of aromatic nitrogens is 1. The Kier molecular flexibility index (Phi) is 6.98. The van der Waals surface area contributed by atoms with Gasteiger partial charge in [0, 0.05) is 10.9 Å². The van der Waals surface area contributed by atoms with E-state index < -0.39 is 5.97 Å². The summed E-state index contributed by atoms with van der Waals surface area (Å²) >= 11 is 2.54. The number of thiazole rings is 1. The molecule has 6 nitrogen and oxygen atoms in total. The minimum absolute atomic E-state index is 0.0834. The normalized spacial score (nSPS) is 10.5. The van der Waals surface area contributed by atoms with Crippen molar-refractivity contribution in [3.05, 3.63) is 56.9 Å². The lowest BCUT2D eigenvalue weighted by Gasteiger charge is -2.02. The number of carbonyl (C=O) groups excluding carboxylic acids is 2. The van der Waals surface area contributed by atoms with Crippen LogP contribution >= 0.6 is 22.7 Å². The van der Waals surface area contributed by atoms with Gasteiger partial charge >= 0.3 is 5.97 Å². The zero-order chi connectivity index (χ0) is 21.7. The van der Waals surface area contributed by atoms with Crippen LogP contribution < -0.4 is 5.32 Å². The van der Waals surface area contributed by atoms with Crippen LogP contribution in [0.1, 0.15) is 45.9 Å². The smallest absolute Gasteiger partial charge is 0.348 e. The first kappa shape index (κ1) is 21.7. The summed E-state index contributed by atoms with van der Waals surface area (Å²) in [5, 5.41) is 15.3. The Morgan fingerprint density at radius 3 is 2.60 bits per heavy atom. The molecule has 0 aliphatic rings. The molecule has 154 valence electrons. The molecule has 0 aliphatic heterocycles. The zero-order valence-corrected chi connectivity index (χ0v) is 18.6. The van der Waals surface area contributed by atoms with Gasteiger partial charge in [-0.25, -0.2) is 9.78 Å². The molecule has 1 amide bonds. The molecule has 0 atom stereocenters. The van der Waals surface area contributed by atoms with Crippen LogP contribution in [0.4, 0.5) is 5.00 Å². The third-order valence-corrected chi connectivity index (χ3v) is 6.60. The standard InChI is InChI=1S/C22H21N3O3S2/c1-4-14-6-8-15(9-7-14)20-24-16(12-29-20)10-18(26)25-21-17(11-23)13(3)19(30-21)22(27)28-5-2/h6-9,12H,4-5,10H2,1-3H3,(H,25,26). The van der Waals surface area contributed by atoms with Gasteiger partial charge in [-0.05, 0) is 31.4 Å². The summed E-state index contributed by atoms with van der Waals surface area (Å²) in [6, 6.07) is 10.3. The number of nitrogens with one attached hydrogen (secondary N) is 1. The van der Waals surface area contributed by atoms with Crippen LogP contribution in [-0.4, -0.2) is 23.5 Å². The Morgan fingerprint density at radius 1 is 1.23 bits per heavy atom. The lowest BCUT2D eigenvalue weighted by molar-refractivity contribution is -0.115. The summed E-state index contributed by atoms with van der Waals surface area (Å²) in [5.41, 5.74) is 3.73. The van der Waals surface area contributed by atoms with E-state index in [0.717, 1.165) is 28.3 Å². The van der Waals surface area contributed by atoms with E-state index in [1.54, 1.807) is 13.8 Å². The summed E-state index contributed by atoms with van der Waals surface area (Å²) < 4.78 is 5.02. The highest BCUT2D eigenvalue weighted by molar-refractivity contribution is 7.18. The van der Waals surface area contributed by atoms with Gasteiger partial charge in [0.25, 0.3) is 0 Å². The van der Waals surface area contributed by atoms with Crippen molar-refractivity contribution >= 4 is 39.6 Å². The maximum Gasteiger partial charge on any atom is 0.348 e. The predicted octanol–water partition coefficient (Wildman–Crippen LogP) is 4.97.